The van der Waals surface area contributed by atoms with E-state index < -0.39 is 5.60 Å². The van der Waals surface area contributed by atoms with E-state index in [4.69, 9.17) is 0 Å². The molecule has 0 atom stereocenters. The Bertz CT molecular complexity index is 1110. The van der Waals surface area contributed by atoms with Crippen molar-refractivity contribution >= 4 is 17.2 Å². The van der Waals surface area contributed by atoms with E-state index >= 15 is 0 Å². The first kappa shape index (κ1) is 23.1. The third kappa shape index (κ3) is 5.04. The molecule has 8 heteroatoms. The number of piperidine rings is 1. The van der Waals surface area contributed by atoms with Crippen LogP contribution in [0.4, 0.5) is 4.39 Å². The quantitative estimate of drug-likeness (QED) is 0.567. The average molecular weight is 481 g/mol. The largest absolute Gasteiger partial charge is 0.383 e. The van der Waals surface area contributed by atoms with Crippen LogP contribution in [-0.2, 0) is 5.60 Å². The second kappa shape index (κ2) is 9.90. The summed E-state index contributed by atoms with van der Waals surface area (Å²) in [5, 5.41) is 16.9. The van der Waals surface area contributed by atoms with Gasteiger partial charge in [-0.1, -0.05) is 12.1 Å². The fraction of sp³-hybridized carbons (Fsp3) is 0.423. The molecule has 6 nitrogen and oxygen atoms in total. The van der Waals surface area contributed by atoms with Crippen molar-refractivity contribution in [2.75, 3.05) is 13.1 Å². The van der Waals surface area contributed by atoms with Crippen LogP contribution in [0.2, 0.25) is 0 Å². The van der Waals surface area contributed by atoms with Gasteiger partial charge in [-0.05, 0) is 62.8 Å². The van der Waals surface area contributed by atoms with Crippen LogP contribution < -0.4 is 5.32 Å². The van der Waals surface area contributed by atoms with Crippen molar-refractivity contribution in [3.63, 3.8) is 0 Å². The van der Waals surface area contributed by atoms with Gasteiger partial charge in [-0.2, -0.15) is 0 Å². The lowest BCUT2D eigenvalue weighted by Crippen LogP contribution is -2.50. The molecule has 178 valence electrons. The number of carbonyl (C=O) groups excluding carboxylic acids is 1. The van der Waals surface area contributed by atoms with Gasteiger partial charge in [0.15, 0.2) is 0 Å². The second-order valence-corrected chi connectivity index (χ2v) is 10.2. The topological polar surface area (TPSA) is 78.4 Å². The molecular weight excluding hydrogens is 451 g/mol. The Morgan fingerprint density at radius 1 is 1.12 bits per heavy atom. The lowest BCUT2D eigenvalue weighted by Gasteiger charge is -2.42. The molecule has 0 unspecified atom stereocenters. The van der Waals surface area contributed by atoms with Crippen molar-refractivity contribution in [2.24, 2.45) is 0 Å². The summed E-state index contributed by atoms with van der Waals surface area (Å²) in [6.45, 7) is 1.89. The summed E-state index contributed by atoms with van der Waals surface area (Å²) in [4.78, 5) is 23.9. The number of nitrogens with zero attached hydrogens (tertiary/aromatic N) is 3. The van der Waals surface area contributed by atoms with E-state index in [1.54, 1.807) is 36.7 Å². The van der Waals surface area contributed by atoms with Gasteiger partial charge in [-0.25, -0.2) is 9.37 Å². The molecule has 0 spiro atoms. The molecule has 1 aromatic carbocycles. The Hall–Kier alpha value is -2.68. The molecule has 0 bridgehead atoms. The van der Waals surface area contributed by atoms with Crippen molar-refractivity contribution in [3.8, 4) is 11.3 Å². The molecule has 1 saturated heterocycles. The Kier molecular flexibility index (Phi) is 6.72. The summed E-state index contributed by atoms with van der Waals surface area (Å²) in [6, 6.07) is 10.4. The van der Waals surface area contributed by atoms with Crippen LogP contribution >= 0.6 is 11.3 Å². The minimum Gasteiger partial charge on any atom is -0.383 e. The highest BCUT2D eigenvalue weighted by Crippen LogP contribution is 2.39. The summed E-state index contributed by atoms with van der Waals surface area (Å²) in [6.07, 6.45) is 8.57. The molecule has 1 aliphatic carbocycles. The van der Waals surface area contributed by atoms with Gasteiger partial charge < -0.3 is 15.3 Å². The van der Waals surface area contributed by atoms with Crippen molar-refractivity contribution in [3.05, 3.63) is 70.6 Å². The lowest BCUT2D eigenvalue weighted by atomic mass is 9.81. The number of carbonyl (C=O) groups is 1. The van der Waals surface area contributed by atoms with Crippen LogP contribution in [-0.4, -0.2) is 51.1 Å². The smallest absolute Gasteiger partial charge is 0.253 e. The van der Waals surface area contributed by atoms with Gasteiger partial charge >= 0.3 is 0 Å². The SMILES string of the molecule is O=C(NC1CCN(C2CCC(O)(c3nccs3)CC2)CC1)c1ccc(-c2cccc(F)c2)nc1. The zero-order valence-electron chi connectivity index (χ0n) is 19.0. The number of aliphatic hydroxyl groups is 1. The molecule has 2 fully saturated rings. The zero-order valence-corrected chi connectivity index (χ0v) is 19.8. The predicted molar refractivity (Wildman–Crippen MR) is 130 cm³/mol. The zero-order chi connectivity index (χ0) is 23.5. The van der Waals surface area contributed by atoms with Crippen molar-refractivity contribution in [1.82, 2.24) is 20.2 Å². The number of thiazole rings is 1. The van der Waals surface area contributed by atoms with Gasteiger partial charge in [0.05, 0.1) is 11.3 Å². The van der Waals surface area contributed by atoms with Crippen LogP contribution in [0, 0.1) is 5.82 Å². The third-order valence-electron chi connectivity index (χ3n) is 7.14. The number of hydrogen-bond donors (Lipinski definition) is 2. The highest BCUT2D eigenvalue weighted by molar-refractivity contribution is 7.09. The maximum absolute atomic E-state index is 13.5. The molecule has 1 saturated carbocycles. The van der Waals surface area contributed by atoms with Crippen LogP contribution in [0.3, 0.4) is 0 Å². The monoisotopic (exact) mass is 480 g/mol. The van der Waals surface area contributed by atoms with E-state index in [1.807, 2.05) is 5.38 Å². The number of benzene rings is 1. The van der Waals surface area contributed by atoms with Gasteiger partial charge in [0.25, 0.3) is 5.91 Å². The summed E-state index contributed by atoms with van der Waals surface area (Å²) in [7, 11) is 0. The summed E-state index contributed by atoms with van der Waals surface area (Å²) < 4.78 is 13.5. The second-order valence-electron chi connectivity index (χ2n) is 9.33. The molecule has 2 aliphatic rings. The fourth-order valence-corrected chi connectivity index (χ4v) is 5.93. The molecule has 2 aromatic heterocycles. The Labute approximate surface area is 202 Å². The molecule has 1 aliphatic heterocycles. The Balaban J connectivity index is 1.10. The minimum atomic E-state index is -0.769. The standard InChI is InChI=1S/C26H29FN4O2S/c27-20-3-1-2-18(16-20)23-5-4-19(17-29-23)24(32)30-21-8-13-31(14-9-21)22-6-10-26(33,11-7-22)25-28-12-15-34-25/h1-5,12,15-17,21-22,33H,6-11,13-14H2,(H,30,32). The molecule has 34 heavy (non-hydrogen) atoms. The molecule has 5 rings (SSSR count). The third-order valence-corrected chi connectivity index (χ3v) is 8.11. The molecule has 3 heterocycles. The fourth-order valence-electron chi connectivity index (χ4n) is 5.14. The van der Waals surface area contributed by atoms with E-state index in [9.17, 15) is 14.3 Å². The lowest BCUT2D eigenvalue weighted by molar-refractivity contribution is -0.0286. The van der Waals surface area contributed by atoms with Gasteiger partial charge in [0, 0.05) is 48.5 Å². The van der Waals surface area contributed by atoms with Gasteiger partial charge in [-0.15, -0.1) is 11.3 Å². The first-order valence-corrected chi connectivity index (χ1v) is 12.8. The van der Waals surface area contributed by atoms with Crippen LogP contribution in [0.25, 0.3) is 11.3 Å². The number of likely N-dealkylation sites (tertiary alicyclic amines) is 1. The van der Waals surface area contributed by atoms with Gasteiger partial charge in [0.1, 0.15) is 16.4 Å². The van der Waals surface area contributed by atoms with E-state index in [0.29, 0.717) is 22.9 Å². The summed E-state index contributed by atoms with van der Waals surface area (Å²) in [5.41, 5.74) is 1.07. The summed E-state index contributed by atoms with van der Waals surface area (Å²) in [5.74, 6) is -0.432. The van der Waals surface area contributed by atoms with E-state index in [2.05, 4.69) is 20.2 Å². The van der Waals surface area contributed by atoms with Crippen LogP contribution in [0.5, 0.6) is 0 Å². The number of rotatable bonds is 5. The van der Waals surface area contributed by atoms with E-state index in [1.165, 1.54) is 23.5 Å². The number of hydrogen-bond acceptors (Lipinski definition) is 6. The van der Waals surface area contributed by atoms with Crippen molar-refractivity contribution in [1.29, 1.82) is 0 Å². The molecular formula is C26H29FN4O2S. The van der Waals surface area contributed by atoms with Crippen molar-refractivity contribution < 1.29 is 14.3 Å². The maximum atomic E-state index is 13.5. The first-order valence-electron chi connectivity index (χ1n) is 11.9. The van der Waals surface area contributed by atoms with E-state index in [0.717, 1.165) is 56.6 Å². The predicted octanol–water partition coefficient (Wildman–Crippen LogP) is 4.37. The molecule has 0 radical (unpaired) electrons. The normalized spacial score (nSPS) is 24.1. The highest BCUT2D eigenvalue weighted by Gasteiger charge is 2.39. The first-order chi connectivity index (χ1) is 16.5. The van der Waals surface area contributed by atoms with Crippen LogP contribution in [0.15, 0.2) is 54.2 Å². The molecule has 2 N–H and O–H groups in total. The molecule has 3 aromatic rings. The number of amides is 1. The average Bonchev–Trinajstić information content (AvgIpc) is 3.41. The van der Waals surface area contributed by atoms with E-state index in [-0.39, 0.29) is 17.8 Å². The Morgan fingerprint density at radius 3 is 2.56 bits per heavy atom. The minimum absolute atomic E-state index is 0.122. The number of pyridine rings is 1. The number of aromatic nitrogens is 2. The number of halogens is 1. The maximum Gasteiger partial charge on any atom is 0.253 e. The van der Waals surface area contributed by atoms with Gasteiger partial charge in [-0.3, -0.25) is 9.78 Å². The highest BCUT2D eigenvalue weighted by atomic mass is 32.1. The van der Waals surface area contributed by atoms with Crippen LogP contribution in [0.1, 0.15) is 53.9 Å². The Morgan fingerprint density at radius 2 is 1.91 bits per heavy atom. The molecule has 1 amide bonds. The number of nitrogens with one attached hydrogen (secondary N) is 1. The van der Waals surface area contributed by atoms with Gasteiger partial charge in [0.2, 0.25) is 0 Å². The summed E-state index contributed by atoms with van der Waals surface area (Å²) >= 11 is 1.53. The van der Waals surface area contributed by atoms with Crippen molar-refractivity contribution in [2.45, 2.75) is 56.2 Å².